The Hall–Kier alpha value is -2.78. The fourth-order valence-corrected chi connectivity index (χ4v) is 4.67. The molecule has 0 radical (unpaired) electrons. The minimum Gasteiger partial charge on any atom is -0.449 e. The lowest BCUT2D eigenvalue weighted by Gasteiger charge is -2.37. The van der Waals surface area contributed by atoms with E-state index in [1.165, 1.54) is 0 Å². The summed E-state index contributed by atoms with van der Waals surface area (Å²) in [7, 11) is 5.96. The van der Waals surface area contributed by atoms with E-state index in [2.05, 4.69) is 30.0 Å². The number of likely N-dealkylation sites (tertiary alicyclic amines) is 1. The molecule has 2 aliphatic rings. The highest BCUT2D eigenvalue weighted by molar-refractivity contribution is 5.86. The van der Waals surface area contributed by atoms with Crippen LogP contribution in [0.1, 0.15) is 12.0 Å². The van der Waals surface area contributed by atoms with Gasteiger partial charge < -0.3 is 29.1 Å². The number of carboxylic acid groups (broad SMARTS) is 1. The molecule has 9 heteroatoms. The second-order valence-electron chi connectivity index (χ2n) is 8.66. The summed E-state index contributed by atoms with van der Waals surface area (Å²) < 4.78 is 6.69. The van der Waals surface area contributed by atoms with Crippen molar-refractivity contribution in [2.45, 2.75) is 19.0 Å². The molecule has 3 heterocycles. The van der Waals surface area contributed by atoms with E-state index in [-0.39, 0.29) is 6.03 Å². The van der Waals surface area contributed by atoms with Gasteiger partial charge in [-0.3, -0.25) is 4.90 Å². The van der Waals surface area contributed by atoms with Gasteiger partial charge in [0.1, 0.15) is 0 Å². The number of piperazine rings is 1. The predicted molar refractivity (Wildman–Crippen MR) is 117 cm³/mol. The number of para-hydroxylation sites is 1. The van der Waals surface area contributed by atoms with Crippen LogP contribution < -0.4 is 4.74 Å². The number of hydrogen-bond donors (Lipinski definition) is 1. The van der Waals surface area contributed by atoms with E-state index in [4.69, 9.17) is 9.84 Å². The Balaban J connectivity index is 1.38. The summed E-state index contributed by atoms with van der Waals surface area (Å²) in [6.07, 6.45) is -0.282. The van der Waals surface area contributed by atoms with Gasteiger partial charge in [-0.05, 0) is 26.1 Å². The molecule has 0 aliphatic carbocycles. The quantitative estimate of drug-likeness (QED) is 0.750. The lowest BCUT2D eigenvalue weighted by atomic mass is 10.1. The number of hydrogen-bond acceptors (Lipinski definition) is 5. The number of ether oxygens (including phenoxy) is 1. The first kappa shape index (κ1) is 21.5. The van der Waals surface area contributed by atoms with Crippen LogP contribution in [0.4, 0.5) is 9.59 Å². The Labute approximate surface area is 182 Å². The van der Waals surface area contributed by atoms with E-state index >= 15 is 0 Å². The van der Waals surface area contributed by atoms with Crippen molar-refractivity contribution in [2.75, 3.05) is 53.4 Å². The van der Waals surface area contributed by atoms with Crippen LogP contribution in [0.25, 0.3) is 10.9 Å². The molecule has 0 spiro atoms. The van der Waals surface area contributed by atoms with Gasteiger partial charge in [-0.25, -0.2) is 9.59 Å². The fourth-order valence-electron chi connectivity index (χ4n) is 4.67. The second-order valence-corrected chi connectivity index (χ2v) is 8.66. The molecule has 4 rings (SSSR count). The Kier molecular flexibility index (Phi) is 6.06. The molecule has 9 nitrogen and oxygen atoms in total. The van der Waals surface area contributed by atoms with Crippen molar-refractivity contribution in [3.05, 3.63) is 29.8 Å². The highest BCUT2D eigenvalue weighted by Crippen LogP contribution is 2.28. The molecule has 2 aromatic rings. The number of benzene rings is 1. The van der Waals surface area contributed by atoms with Crippen LogP contribution in [0, 0.1) is 0 Å². The first-order valence-electron chi connectivity index (χ1n) is 10.7. The Morgan fingerprint density at radius 1 is 1.13 bits per heavy atom. The Morgan fingerprint density at radius 2 is 1.87 bits per heavy atom. The number of amides is 2. The number of nitrogens with zero attached hydrogens (tertiary/aromatic N) is 5. The van der Waals surface area contributed by atoms with Crippen LogP contribution in [0.15, 0.2) is 24.3 Å². The van der Waals surface area contributed by atoms with Crippen molar-refractivity contribution >= 4 is 23.1 Å². The molecule has 2 aliphatic heterocycles. The van der Waals surface area contributed by atoms with Crippen LogP contribution in [0.3, 0.4) is 0 Å². The monoisotopic (exact) mass is 429 g/mol. The van der Waals surface area contributed by atoms with Crippen LogP contribution in [0.2, 0.25) is 0 Å². The van der Waals surface area contributed by atoms with E-state index in [1.54, 1.807) is 10.6 Å². The average Bonchev–Trinajstić information content (AvgIpc) is 3.34. The highest BCUT2D eigenvalue weighted by atomic mass is 16.7. The molecule has 1 atom stereocenters. The molecular weight excluding hydrogens is 398 g/mol. The van der Waals surface area contributed by atoms with Gasteiger partial charge in [0.2, 0.25) is 5.88 Å². The number of rotatable bonds is 4. The van der Waals surface area contributed by atoms with Crippen molar-refractivity contribution in [2.24, 2.45) is 7.05 Å². The van der Waals surface area contributed by atoms with E-state index in [0.717, 1.165) is 68.7 Å². The maximum absolute atomic E-state index is 12.9. The molecule has 1 aromatic heterocycles. The van der Waals surface area contributed by atoms with E-state index in [0.29, 0.717) is 11.9 Å². The van der Waals surface area contributed by atoms with Crippen LogP contribution in [-0.4, -0.2) is 101 Å². The lowest BCUT2D eigenvalue weighted by Crippen LogP contribution is -2.52. The van der Waals surface area contributed by atoms with Gasteiger partial charge in [-0.15, -0.1) is 0 Å². The summed E-state index contributed by atoms with van der Waals surface area (Å²) in [4.78, 5) is 32.3. The summed E-state index contributed by atoms with van der Waals surface area (Å²) >= 11 is 0. The maximum Gasteiger partial charge on any atom is 0.512 e. The molecule has 2 amide bonds. The van der Waals surface area contributed by atoms with Gasteiger partial charge in [0.05, 0.1) is 5.52 Å². The van der Waals surface area contributed by atoms with Gasteiger partial charge in [-0.1, -0.05) is 18.2 Å². The Bertz CT molecular complexity index is 964. The predicted octanol–water partition coefficient (Wildman–Crippen LogP) is 2.11. The van der Waals surface area contributed by atoms with Crippen molar-refractivity contribution in [3.8, 4) is 5.88 Å². The lowest BCUT2D eigenvalue weighted by molar-refractivity contribution is 0.113. The van der Waals surface area contributed by atoms with Crippen molar-refractivity contribution in [1.82, 2.24) is 24.2 Å². The third kappa shape index (κ3) is 4.47. The summed E-state index contributed by atoms with van der Waals surface area (Å²) in [6.45, 7) is 5.46. The average molecular weight is 430 g/mol. The fraction of sp³-hybridized carbons (Fsp3) is 0.545. The van der Waals surface area contributed by atoms with Crippen LogP contribution >= 0.6 is 0 Å². The molecular formula is C22H31N5O4. The van der Waals surface area contributed by atoms with Gasteiger partial charge in [-0.2, -0.15) is 0 Å². The molecule has 0 bridgehead atoms. The smallest absolute Gasteiger partial charge is 0.449 e. The normalized spacial score (nSPS) is 20.1. The van der Waals surface area contributed by atoms with Gasteiger partial charge in [0.25, 0.3) is 0 Å². The molecule has 168 valence electrons. The zero-order valence-electron chi connectivity index (χ0n) is 18.5. The van der Waals surface area contributed by atoms with Crippen molar-refractivity contribution < 1.29 is 19.4 Å². The second kappa shape index (κ2) is 8.76. The number of carbonyl (C=O) groups excluding carboxylic acids is 1. The number of likely N-dealkylation sites (N-methyl/N-ethyl adjacent to an activating group) is 1. The number of aromatic nitrogens is 1. The third-order valence-electron chi connectivity index (χ3n) is 6.49. The largest absolute Gasteiger partial charge is 0.512 e. The zero-order chi connectivity index (χ0) is 22.1. The zero-order valence-corrected chi connectivity index (χ0v) is 18.5. The molecule has 1 N–H and O–H groups in total. The van der Waals surface area contributed by atoms with Gasteiger partial charge in [0.15, 0.2) is 0 Å². The van der Waals surface area contributed by atoms with E-state index in [1.807, 2.05) is 29.0 Å². The number of aryl methyl sites for hydroxylation is 1. The molecule has 0 unspecified atom stereocenters. The number of carbonyl (C=O) groups is 2. The molecule has 0 saturated carbocycles. The highest BCUT2D eigenvalue weighted by Gasteiger charge is 2.31. The third-order valence-corrected chi connectivity index (χ3v) is 6.49. The molecule has 2 fully saturated rings. The molecule has 1 aromatic carbocycles. The van der Waals surface area contributed by atoms with Gasteiger partial charge >= 0.3 is 12.2 Å². The van der Waals surface area contributed by atoms with Crippen LogP contribution in [-0.2, 0) is 13.6 Å². The first-order chi connectivity index (χ1) is 14.8. The van der Waals surface area contributed by atoms with E-state index in [9.17, 15) is 9.59 Å². The number of fused-ring (bicyclic) bond motifs is 1. The topological polar surface area (TPSA) is 81.5 Å². The standard InChI is InChI=1S/C22H31N5O4/c1-23(2)18-7-8-27(15-18)21(28)26-11-9-25(10-12-26)14-17-6-4-5-16-13-19(31-22(29)30)24(3)20(16)17/h4-6,13,18H,7-12,14-15H2,1-3H3,(H,29,30)/t18-/m0/s1. The Morgan fingerprint density at radius 3 is 2.52 bits per heavy atom. The molecule has 31 heavy (non-hydrogen) atoms. The first-order valence-corrected chi connectivity index (χ1v) is 10.7. The minimum absolute atomic E-state index is 0.156. The van der Waals surface area contributed by atoms with Crippen molar-refractivity contribution in [3.63, 3.8) is 0 Å². The molecule has 2 saturated heterocycles. The number of urea groups is 1. The summed E-state index contributed by atoms with van der Waals surface area (Å²) in [5.41, 5.74) is 2.09. The maximum atomic E-state index is 12.9. The summed E-state index contributed by atoms with van der Waals surface area (Å²) in [5, 5.41) is 9.91. The van der Waals surface area contributed by atoms with Gasteiger partial charge in [0, 0.05) is 70.4 Å². The summed E-state index contributed by atoms with van der Waals surface area (Å²) in [5.74, 6) is 0.312. The minimum atomic E-state index is -1.32. The van der Waals surface area contributed by atoms with Crippen LogP contribution in [0.5, 0.6) is 5.88 Å². The van der Waals surface area contributed by atoms with E-state index < -0.39 is 6.16 Å². The van der Waals surface area contributed by atoms with Crippen molar-refractivity contribution in [1.29, 1.82) is 0 Å². The SMILES string of the molecule is CN(C)[C@H]1CCN(C(=O)N2CCN(Cc3cccc4cc(OC(=O)O)n(C)c34)CC2)C1. The summed E-state index contributed by atoms with van der Waals surface area (Å²) in [6, 6.07) is 8.36.